The van der Waals surface area contributed by atoms with Crippen molar-refractivity contribution in [2.24, 2.45) is 7.05 Å². The Balaban J connectivity index is 1.34. The summed E-state index contributed by atoms with van der Waals surface area (Å²) in [5.74, 6) is -1.20. The first-order chi connectivity index (χ1) is 19.1. The zero-order valence-corrected chi connectivity index (χ0v) is 23.0. The summed E-state index contributed by atoms with van der Waals surface area (Å²) in [5.41, 5.74) is 2.13. The van der Waals surface area contributed by atoms with Crippen LogP contribution in [-0.4, -0.2) is 42.3 Å². The third kappa shape index (κ3) is 4.91. The largest absolute Gasteiger partial charge is 0.449 e. The van der Waals surface area contributed by atoms with Gasteiger partial charge in [0, 0.05) is 19.3 Å². The van der Waals surface area contributed by atoms with E-state index in [1.54, 1.807) is 47.8 Å². The number of amides is 1. The van der Waals surface area contributed by atoms with Gasteiger partial charge in [0.2, 0.25) is 0 Å². The maximum Gasteiger partial charge on any atom is 0.338 e. The van der Waals surface area contributed by atoms with Crippen molar-refractivity contribution in [2.45, 2.75) is 31.3 Å². The first kappa shape index (κ1) is 26.9. The zero-order chi connectivity index (χ0) is 28.6. The lowest BCUT2D eigenvalue weighted by Crippen LogP contribution is -2.39. The predicted octanol–water partition coefficient (Wildman–Crippen LogP) is 3.42. The molecule has 0 fully saturated rings. The molecule has 40 heavy (non-hydrogen) atoms. The highest BCUT2D eigenvalue weighted by Crippen LogP contribution is 2.28. The van der Waals surface area contributed by atoms with Gasteiger partial charge in [-0.25, -0.2) is 17.9 Å². The second-order valence-electron chi connectivity index (χ2n) is 9.49. The number of esters is 1. The van der Waals surface area contributed by atoms with Crippen LogP contribution in [0.1, 0.15) is 28.5 Å². The maximum atomic E-state index is 13.3. The topological polar surface area (TPSA) is 120 Å². The van der Waals surface area contributed by atoms with E-state index in [9.17, 15) is 22.8 Å². The lowest BCUT2D eigenvalue weighted by molar-refractivity contribution is -0.126. The summed E-state index contributed by atoms with van der Waals surface area (Å²) in [7, 11) is -2.60. The summed E-state index contributed by atoms with van der Waals surface area (Å²) in [5, 5.41) is 0. The molecule has 0 saturated carbocycles. The average molecular weight is 561 g/mol. The van der Waals surface area contributed by atoms with E-state index in [1.165, 1.54) is 29.8 Å². The Kier molecular flexibility index (Phi) is 7.07. The van der Waals surface area contributed by atoms with Crippen LogP contribution in [0.4, 0.5) is 11.4 Å². The zero-order valence-electron chi connectivity index (χ0n) is 22.2. The number of nitrogens with zero attached hydrogens (tertiary/aromatic N) is 3. The number of fused-ring (bicyclic) bond motifs is 1. The highest BCUT2D eigenvalue weighted by Gasteiger charge is 2.30. The second kappa shape index (κ2) is 10.5. The van der Waals surface area contributed by atoms with E-state index in [2.05, 4.69) is 4.72 Å². The first-order valence-corrected chi connectivity index (χ1v) is 14.1. The average Bonchev–Trinajstić information content (AvgIpc) is 3.47. The minimum absolute atomic E-state index is 0.0455. The molecule has 2 heterocycles. The maximum absolute atomic E-state index is 13.3. The number of benzene rings is 3. The van der Waals surface area contributed by atoms with Gasteiger partial charge in [-0.15, -0.1) is 0 Å². The standard InChI is InChI=1S/C29H28N4O6S/c1-19-26(28(35)33(31(19)3)23-12-5-4-6-13-23)30-40(37,38)24-14-9-11-22(18-24)29(36)39-20(2)27(34)32-17-16-21-10-7-8-15-25(21)32/h4-15,18,20,30H,16-17H2,1-3H3/t20-/m0/s1. The van der Waals surface area contributed by atoms with Crippen LogP contribution in [0.5, 0.6) is 0 Å². The number of para-hydroxylation sites is 2. The molecule has 3 aromatic carbocycles. The molecule has 1 amide bonds. The molecule has 1 atom stereocenters. The Labute approximate surface area is 231 Å². The summed E-state index contributed by atoms with van der Waals surface area (Å²) in [4.78, 5) is 40.4. The van der Waals surface area contributed by atoms with Crippen LogP contribution in [0.3, 0.4) is 0 Å². The number of sulfonamides is 1. The second-order valence-corrected chi connectivity index (χ2v) is 11.2. The summed E-state index contributed by atoms with van der Waals surface area (Å²) < 4.78 is 37.3. The van der Waals surface area contributed by atoms with Crippen molar-refractivity contribution in [2.75, 3.05) is 16.2 Å². The van der Waals surface area contributed by atoms with Gasteiger partial charge in [0.15, 0.2) is 6.10 Å². The number of aromatic nitrogens is 2. The van der Waals surface area contributed by atoms with Crippen molar-refractivity contribution < 1.29 is 22.7 Å². The Bertz CT molecular complexity index is 1780. The number of hydrogen-bond acceptors (Lipinski definition) is 6. The molecule has 0 unspecified atom stereocenters. The molecule has 5 rings (SSSR count). The van der Waals surface area contributed by atoms with Gasteiger partial charge in [-0.2, -0.15) is 0 Å². The molecule has 0 spiro atoms. The van der Waals surface area contributed by atoms with Crippen LogP contribution in [0.15, 0.2) is 88.6 Å². The smallest absolute Gasteiger partial charge is 0.338 e. The summed E-state index contributed by atoms with van der Waals surface area (Å²) >= 11 is 0. The van der Waals surface area contributed by atoms with E-state index in [0.717, 1.165) is 17.3 Å². The normalized spacial score (nSPS) is 13.5. The fourth-order valence-corrected chi connectivity index (χ4v) is 5.90. The van der Waals surface area contributed by atoms with E-state index in [0.29, 0.717) is 24.3 Å². The molecule has 10 nitrogen and oxygen atoms in total. The number of carbonyl (C=O) groups is 2. The van der Waals surface area contributed by atoms with Gasteiger partial charge in [-0.3, -0.25) is 19.0 Å². The van der Waals surface area contributed by atoms with Crippen LogP contribution >= 0.6 is 0 Å². The Morgan fingerprint density at radius 1 is 0.975 bits per heavy atom. The highest BCUT2D eigenvalue weighted by molar-refractivity contribution is 7.92. The van der Waals surface area contributed by atoms with Crippen molar-refractivity contribution >= 4 is 33.3 Å². The number of ether oxygens (including phenoxy) is 1. The molecule has 1 aliphatic rings. The van der Waals surface area contributed by atoms with Gasteiger partial charge in [0.05, 0.1) is 21.8 Å². The molecule has 1 aliphatic heterocycles. The Morgan fingerprint density at radius 3 is 2.42 bits per heavy atom. The number of anilines is 2. The lowest BCUT2D eigenvalue weighted by Gasteiger charge is -2.21. The van der Waals surface area contributed by atoms with Gasteiger partial charge in [0.25, 0.3) is 21.5 Å². The van der Waals surface area contributed by atoms with Crippen LogP contribution < -0.4 is 15.2 Å². The number of carbonyl (C=O) groups excluding carboxylic acids is 2. The number of rotatable bonds is 7. The van der Waals surface area contributed by atoms with Gasteiger partial charge in [-0.1, -0.05) is 42.5 Å². The molecule has 11 heteroatoms. The Morgan fingerprint density at radius 2 is 1.68 bits per heavy atom. The SMILES string of the molecule is Cc1c(NS(=O)(=O)c2cccc(C(=O)O[C@@H](C)C(=O)N3CCc4ccccc43)c2)c(=O)n(-c2ccccc2)n1C. The minimum atomic E-state index is -4.25. The van der Waals surface area contributed by atoms with Crippen molar-refractivity contribution in [3.05, 3.63) is 106 Å². The van der Waals surface area contributed by atoms with Crippen LogP contribution in [0.2, 0.25) is 0 Å². The van der Waals surface area contributed by atoms with E-state index >= 15 is 0 Å². The monoisotopic (exact) mass is 560 g/mol. The summed E-state index contributed by atoms with van der Waals surface area (Å²) in [6.07, 6.45) is -0.368. The molecule has 0 radical (unpaired) electrons. The lowest BCUT2D eigenvalue weighted by atomic mass is 10.2. The molecule has 4 aromatic rings. The fourth-order valence-electron chi connectivity index (χ4n) is 4.74. The van der Waals surface area contributed by atoms with Gasteiger partial charge in [-0.05, 0) is 62.2 Å². The van der Waals surface area contributed by atoms with E-state index in [-0.39, 0.29) is 22.1 Å². The number of nitrogens with one attached hydrogen (secondary N) is 1. The molecule has 0 aliphatic carbocycles. The van der Waals surface area contributed by atoms with Crippen molar-refractivity contribution in [3.8, 4) is 5.69 Å². The molecular formula is C29H28N4O6S. The first-order valence-electron chi connectivity index (χ1n) is 12.7. The van der Waals surface area contributed by atoms with Gasteiger partial charge in [0.1, 0.15) is 5.69 Å². The third-order valence-corrected chi connectivity index (χ3v) is 8.30. The summed E-state index contributed by atoms with van der Waals surface area (Å²) in [6.45, 7) is 3.60. The third-order valence-electron chi connectivity index (χ3n) is 6.96. The molecule has 1 N–H and O–H groups in total. The van der Waals surface area contributed by atoms with Gasteiger partial charge < -0.3 is 9.64 Å². The Hall–Kier alpha value is -4.64. The van der Waals surface area contributed by atoms with E-state index in [4.69, 9.17) is 4.74 Å². The highest BCUT2D eigenvalue weighted by atomic mass is 32.2. The summed E-state index contributed by atoms with van der Waals surface area (Å²) in [6, 6.07) is 21.6. The quantitative estimate of drug-likeness (QED) is 0.346. The van der Waals surface area contributed by atoms with Crippen LogP contribution in [0.25, 0.3) is 5.69 Å². The predicted molar refractivity (Wildman–Crippen MR) is 150 cm³/mol. The van der Waals surface area contributed by atoms with Crippen LogP contribution in [0, 0.1) is 6.92 Å². The van der Waals surface area contributed by atoms with Gasteiger partial charge >= 0.3 is 5.97 Å². The molecule has 1 aromatic heterocycles. The van der Waals surface area contributed by atoms with E-state index in [1.807, 2.05) is 30.3 Å². The fraction of sp³-hybridized carbons (Fsp3) is 0.207. The van der Waals surface area contributed by atoms with Crippen molar-refractivity contribution in [1.82, 2.24) is 9.36 Å². The molecule has 206 valence electrons. The van der Waals surface area contributed by atoms with Crippen LogP contribution in [-0.2, 0) is 33.0 Å². The molecular weight excluding hydrogens is 532 g/mol. The number of hydrogen-bond donors (Lipinski definition) is 1. The molecule has 0 saturated heterocycles. The van der Waals surface area contributed by atoms with Crippen molar-refractivity contribution in [3.63, 3.8) is 0 Å². The van der Waals surface area contributed by atoms with Crippen molar-refractivity contribution in [1.29, 1.82) is 0 Å². The van der Waals surface area contributed by atoms with E-state index < -0.39 is 27.7 Å². The molecule has 0 bridgehead atoms. The minimum Gasteiger partial charge on any atom is -0.449 e.